The Bertz CT molecular complexity index is 631. The molecular weight excluding hydrogens is 470 g/mol. The maximum absolute atomic E-state index is 14.1. The average Bonchev–Trinajstić information content (AvgIpc) is 3.46. The fourth-order valence-corrected chi connectivity index (χ4v) is 3.78. The number of hydrogen-bond donors (Lipinski definition) is 3. The molecule has 28 heavy (non-hydrogen) atoms. The Hall–Kier alpha value is -0.930. The molecule has 158 valence electrons. The molecule has 0 unspecified atom stereocenters. The normalized spacial score (nSPS) is 19.8. The third-order valence-electron chi connectivity index (χ3n) is 5.68. The zero-order chi connectivity index (χ0) is 19.1. The molecule has 0 radical (unpaired) electrons. The van der Waals surface area contributed by atoms with E-state index in [1.165, 1.54) is 0 Å². The minimum Gasteiger partial charge on any atom is -0.393 e. The minimum atomic E-state index is -0.123. The Morgan fingerprint density at radius 2 is 1.96 bits per heavy atom. The highest BCUT2D eigenvalue weighted by Gasteiger charge is 2.45. The van der Waals surface area contributed by atoms with Gasteiger partial charge in [0, 0.05) is 31.6 Å². The quantitative estimate of drug-likeness (QED) is 0.221. The number of piperidine rings is 1. The van der Waals surface area contributed by atoms with E-state index in [4.69, 9.17) is 4.99 Å². The van der Waals surface area contributed by atoms with Crippen LogP contribution in [0.15, 0.2) is 29.3 Å². The van der Waals surface area contributed by atoms with Crippen LogP contribution in [0, 0.1) is 5.82 Å². The fourth-order valence-electron chi connectivity index (χ4n) is 3.78. The number of aliphatic imine (C=N–C) groups is 1. The molecule has 7 heteroatoms. The van der Waals surface area contributed by atoms with Crippen molar-refractivity contribution in [3.8, 4) is 0 Å². The lowest BCUT2D eigenvalue weighted by atomic mass is 9.95. The zero-order valence-electron chi connectivity index (χ0n) is 16.8. The van der Waals surface area contributed by atoms with Gasteiger partial charge in [-0.2, -0.15) is 0 Å². The molecule has 2 aliphatic rings. The monoisotopic (exact) mass is 504 g/mol. The largest absolute Gasteiger partial charge is 0.393 e. The third-order valence-corrected chi connectivity index (χ3v) is 5.68. The van der Waals surface area contributed by atoms with E-state index in [1.54, 1.807) is 12.1 Å². The Balaban J connectivity index is 0.00000280. The van der Waals surface area contributed by atoms with Crippen molar-refractivity contribution in [2.24, 2.45) is 4.99 Å². The number of rotatable bonds is 8. The lowest BCUT2D eigenvalue weighted by Gasteiger charge is -2.29. The van der Waals surface area contributed by atoms with E-state index in [0.717, 1.165) is 76.4 Å². The summed E-state index contributed by atoms with van der Waals surface area (Å²) in [5.41, 5.74) is 0.680. The number of nitrogens with one attached hydrogen (secondary N) is 2. The van der Waals surface area contributed by atoms with Crippen LogP contribution in [0.5, 0.6) is 0 Å². The molecule has 0 bridgehead atoms. The van der Waals surface area contributed by atoms with Gasteiger partial charge < -0.3 is 20.6 Å². The van der Waals surface area contributed by atoms with Crippen molar-refractivity contribution in [1.82, 2.24) is 15.5 Å². The maximum Gasteiger partial charge on any atom is 0.191 e. The van der Waals surface area contributed by atoms with Crippen molar-refractivity contribution in [3.05, 3.63) is 35.6 Å². The first-order valence-electron chi connectivity index (χ1n) is 10.3. The standard InChI is InChI=1S/C21H33FN4O.HI/c1-2-23-20(24-12-5-13-26-14-8-17(27)9-15-26)25-16-21(10-11-21)18-6-3-4-7-19(18)22;/h3-4,6-7,17,27H,2,5,8-16H2,1H3,(H2,23,24,25);1H. The van der Waals surface area contributed by atoms with Crippen LogP contribution in [0.2, 0.25) is 0 Å². The van der Waals surface area contributed by atoms with Crippen LogP contribution in [0.1, 0.15) is 44.6 Å². The second-order valence-electron chi connectivity index (χ2n) is 7.81. The second kappa shape index (κ2) is 11.3. The van der Waals surface area contributed by atoms with Gasteiger partial charge in [0.25, 0.3) is 0 Å². The summed E-state index contributed by atoms with van der Waals surface area (Å²) >= 11 is 0. The maximum atomic E-state index is 14.1. The van der Waals surface area contributed by atoms with Crippen molar-refractivity contribution in [3.63, 3.8) is 0 Å². The van der Waals surface area contributed by atoms with Crippen LogP contribution >= 0.6 is 24.0 Å². The average molecular weight is 504 g/mol. The van der Waals surface area contributed by atoms with Crippen molar-refractivity contribution in [2.75, 3.05) is 39.3 Å². The lowest BCUT2D eigenvalue weighted by Crippen LogP contribution is -2.40. The Labute approximate surface area is 185 Å². The molecule has 1 aromatic rings. The Kier molecular flexibility index (Phi) is 9.43. The summed E-state index contributed by atoms with van der Waals surface area (Å²) in [5, 5.41) is 16.3. The first kappa shape index (κ1) is 23.3. The molecule has 1 aliphatic heterocycles. The van der Waals surface area contributed by atoms with Crippen LogP contribution < -0.4 is 10.6 Å². The molecule has 2 fully saturated rings. The molecule has 0 atom stereocenters. The highest BCUT2D eigenvalue weighted by molar-refractivity contribution is 14.0. The van der Waals surface area contributed by atoms with Gasteiger partial charge in [-0.05, 0) is 57.2 Å². The van der Waals surface area contributed by atoms with Crippen LogP contribution in [-0.4, -0.2) is 61.3 Å². The van der Waals surface area contributed by atoms with Gasteiger partial charge in [0.15, 0.2) is 5.96 Å². The van der Waals surface area contributed by atoms with Crippen molar-refractivity contribution < 1.29 is 9.50 Å². The summed E-state index contributed by atoms with van der Waals surface area (Å²) in [6.07, 6.45) is 4.69. The molecule has 0 spiro atoms. The summed E-state index contributed by atoms with van der Waals surface area (Å²) in [6, 6.07) is 7.09. The number of aliphatic hydroxyl groups is 1. The number of guanidine groups is 1. The molecular formula is C21H34FIN4O. The summed E-state index contributed by atoms with van der Waals surface area (Å²) in [4.78, 5) is 7.15. The molecule has 1 heterocycles. The lowest BCUT2D eigenvalue weighted by molar-refractivity contribution is 0.0823. The number of hydrogen-bond acceptors (Lipinski definition) is 3. The van der Waals surface area contributed by atoms with E-state index in [1.807, 2.05) is 12.1 Å². The van der Waals surface area contributed by atoms with Crippen molar-refractivity contribution >= 4 is 29.9 Å². The fraction of sp³-hybridized carbons (Fsp3) is 0.667. The molecule has 5 nitrogen and oxygen atoms in total. The van der Waals surface area contributed by atoms with E-state index in [9.17, 15) is 9.50 Å². The van der Waals surface area contributed by atoms with Crippen molar-refractivity contribution in [1.29, 1.82) is 0 Å². The highest BCUT2D eigenvalue weighted by atomic mass is 127. The van der Waals surface area contributed by atoms with Crippen LogP contribution in [-0.2, 0) is 5.41 Å². The minimum absolute atomic E-state index is 0. The number of likely N-dealkylation sites (tertiary alicyclic amines) is 1. The summed E-state index contributed by atoms with van der Waals surface area (Å²) in [5.74, 6) is 0.698. The van der Waals surface area contributed by atoms with Gasteiger partial charge in [0.05, 0.1) is 12.6 Å². The first-order chi connectivity index (χ1) is 13.1. The van der Waals surface area contributed by atoms with Crippen LogP contribution in [0.3, 0.4) is 0 Å². The SMILES string of the molecule is CCNC(=NCC1(c2ccccc2F)CC1)NCCCN1CCC(O)CC1.I. The Morgan fingerprint density at radius 3 is 2.61 bits per heavy atom. The van der Waals surface area contributed by atoms with Gasteiger partial charge in [-0.1, -0.05) is 18.2 Å². The summed E-state index contributed by atoms with van der Waals surface area (Å²) in [7, 11) is 0. The smallest absolute Gasteiger partial charge is 0.191 e. The predicted molar refractivity (Wildman–Crippen MR) is 123 cm³/mol. The molecule has 1 saturated carbocycles. The van der Waals surface area contributed by atoms with E-state index in [2.05, 4.69) is 22.5 Å². The molecule has 3 N–H and O–H groups in total. The third kappa shape index (κ3) is 6.56. The Morgan fingerprint density at radius 1 is 1.25 bits per heavy atom. The topological polar surface area (TPSA) is 59.9 Å². The van der Waals surface area contributed by atoms with Crippen LogP contribution in [0.25, 0.3) is 0 Å². The number of aliphatic hydroxyl groups excluding tert-OH is 1. The molecule has 0 amide bonds. The van der Waals surface area contributed by atoms with E-state index in [-0.39, 0.29) is 41.3 Å². The van der Waals surface area contributed by atoms with Gasteiger partial charge in [0.2, 0.25) is 0 Å². The van der Waals surface area contributed by atoms with Crippen molar-refractivity contribution in [2.45, 2.75) is 50.5 Å². The summed E-state index contributed by atoms with van der Waals surface area (Å²) < 4.78 is 14.1. The highest BCUT2D eigenvalue weighted by Crippen LogP contribution is 2.49. The van der Waals surface area contributed by atoms with Gasteiger partial charge in [-0.15, -0.1) is 24.0 Å². The molecule has 1 aromatic carbocycles. The van der Waals surface area contributed by atoms with Crippen LogP contribution in [0.4, 0.5) is 4.39 Å². The summed E-state index contributed by atoms with van der Waals surface area (Å²) in [6.45, 7) is 7.35. The van der Waals surface area contributed by atoms with Gasteiger partial charge in [0.1, 0.15) is 5.82 Å². The molecule has 3 rings (SSSR count). The van der Waals surface area contributed by atoms with E-state index >= 15 is 0 Å². The zero-order valence-corrected chi connectivity index (χ0v) is 19.1. The van der Waals surface area contributed by atoms with Gasteiger partial charge in [-0.3, -0.25) is 4.99 Å². The molecule has 1 aliphatic carbocycles. The number of halogens is 2. The predicted octanol–water partition coefficient (Wildman–Crippen LogP) is 2.88. The molecule has 0 aromatic heterocycles. The number of benzene rings is 1. The molecule has 1 saturated heterocycles. The van der Waals surface area contributed by atoms with E-state index in [0.29, 0.717) is 6.54 Å². The first-order valence-corrected chi connectivity index (χ1v) is 10.3. The van der Waals surface area contributed by atoms with Gasteiger partial charge >= 0.3 is 0 Å². The van der Waals surface area contributed by atoms with E-state index < -0.39 is 0 Å². The van der Waals surface area contributed by atoms with Gasteiger partial charge in [-0.25, -0.2) is 4.39 Å². The number of nitrogens with zero attached hydrogens (tertiary/aromatic N) is 2. The second-order valence-corrected chi connectivity index (χ2v) is 7.81.